The molecule has 2 rings (SSSR count). The van der Waals surface area contributed by atoms with Crippen LogP contribution in [0.1, 0.15) is 37.7 Å². The Morgan fingerprint density at radius 3 is 2.47 bits per heavy atom. The SMILES string of the molecule is O=C(O)CCC/C=C\C[C@@H]1[C@@H](/C=C/[C@@H](O)COc2ccc(C(F)(F)F)cc2)[C@H](O)C[C@@H]1O. The molecule has 178 valence electrons. The van der Waals surface area contributed by atoms with Gasteiger partial charge in [-0.25, -0.2) is 0 Å². The fourth-order valence-electron chi connectivity index (χ4n) is 3.68. The Morgan fingerprint density at radius 2 is 1.84 bits per heavy atom. The second kappa shape index (κ2) is 12.0. The van der Waals surface area contributed by atoms with Gasteiger partial charge in [0.15, 0.2) is 0 Å². The minimum atomic E-state index is -4.43. The summed E-state index contributed by atoms with van der Waals surface area (Å²) in [4.78, 5) is 10.5. The highest BCUT2D eigenvalue weighted by Crippen LogP contribution is 2.36. The zero-order valence-corrected chi connectivity index (χ0v) is 17.5. The Labute approximate surface area is 184 Å². The molecule has 1 aliphatic rings. The lowest BCUT2D eigenvalue weighted by atomic mass is 9.89. The first-order valence-corrected chi connectivity index (χ1v) is 10.5. The molecule has 0 bridgehead atoms. The van der Waals surface area contributed by atoms with Gasteiger partial charge in [0.05, 0.1) is 17.8 Å². The maximum Gasteiger partial charge on any atom is 0.416 e. The number of allylic oxidation sites excluding steroid dienone is 2. The first kappa shape index (κ1) is 25.9. The number of carboxylic acids is 1. The van der Waals surface area contributed by atoms with Gasteiger partial charge in [0, 0.05) is 18.8 Å². The van der Waals surface area contributed by atoms with E-state index in [9.17, 15) is 33.3 Å². The summed E-state index contributed by atoms with van der Waals surface area (Å²) < 4.78 is 43.1. The molecule has 0 aromatic heterocycles. The van der Waals surface area contributed by atoms with Crippen molar-refractivity contribution in [3.05, 3.63) is 54.1 Å². The largest absolute Gasteiger partial charge is 0.491 e. The number of ether oxygens (including phenoxy) is 1. The van der Waals surface area contributed by atoms with Crippen molar-refractivity contribution in [2.45, 2.75) is 56.6 Å². The van der Waals surface area contributed by atoms with Gasteiger partial charge >= 0.3 is 12.1 Å². The Morgan fingerprint density at radius 1 is 1.16 bits per heavy atom. The molecule has 1 saturated carbocycles. The monoisotopic (exact) mass is 458 g/mol. The first-order valence-electron chi connectivity index (χ1n) is 10.5. The lowest BCUT2D eigenvalue weighted by Crippen LogP contribution is -2.21. The minimum Gasteiger partial charge on any atom is -0.491 e. The van der Waals surface area contributed by atoms with Gasteiger partial charge in [0.1, 0.15) is 18.5 Å². The molecule has 0 aliphatic heterocycles. The van der Waals surface area contributed by atoms with Crippen molar-refractivity contribution in [1.82, 2.24) is 0 Å². The van der Waals surface area contributed by atoms with Crippen molar-refractivity contribution in [1.29, 1.82) is 0 Å². The Bertz CT molecular complexity index is 775. The number of halogens is 3. The van der Waals surface area contributed by atoms with Gasteiger partial charge in [-0.2, -0.15) is 13.2 Å². The van der Waals surface area contributed by atoms with Gasteiger partial charge in [-0.1, -0.05) is 24.3 Å². The topological polar surface area (TPSA) is 107 Å². The van der Waals surface area contributed by atoms with E-state index in [0.29, 0.717) is 19.3 Å². The molecule has 1 aromatic rings. The number of carbonyl (C=O) groups is 1. The van der Waals surface area contributed by atoms with Crippen LogP contribution in [-0.4, -0.2) is 51.3 Å². The molecule has 0 heterocycles. The fraction of sp³-hybridized carbons (Fsp3) is 0.522. The van der Waals surface area contributed by atoms with Gasteiger partial charge in [-0.05, 0) is 49.4 Å². The normalized spacial score (nSPS) is 24.9. The minimum absolute atomic E-state index is 0.0902. The number of aliphatic carboxylic acids is 1. The second-order valence-electron chi connectivity index (χ2n) is 7.89. The Kier molecular flexibility index (Phi) is 9.74. The molecule has 5 atom stereocenters. The van der Waals surface area contributed by atoms with E-state index in [-0.39, 0.29) is 37.0 Å². The van der Waals surface area contributed by atoms with E-state index in [2.05, 4.69) is 0 Å². The van der Waals surface area contributed by atoms with Crippen LogP contribution in [0.2, 0.25) is 0 Å². The van der Waals surface area contributed by atoms with Crippen LogP contribution in [0.4, 0.5) is 13.2 Å². The van der Waals surface area contributed by atoms with Crippen molar-refractivity contribution < 1.29 is 43.1 Å². The maximum absolute atomic E-state index is 12.6. The van der Waals surface area contributed by atoms with E-state index in [0.717, 1.165) is 12.1 Å². The van der Waals surface area contributed by atoms with E-state index < -0.39 is 36.0 Å². The van der Waals surface area contributed by atoms with Crippen molar-refractivity contribution in [3.63, 3.8) is 0 Å². The molecule has 0 unspecified atom stereocenters. The third kappa shape index (κ3) is 8.29. The smallest absolute Gasteiger partial charge is 0.416 e. The predicted molar refractivity (Wildman–Crippen MR) is 111 cm³/mol. The van der Waals surface area contributed by atoms with Crippen molar-refractivity contribution in [2.75, 3.05) is 6.61 Å². The Balaban J connectivity index is 1.84. The number of aliphatic hydroxyl groups excluding tert-OH is 3. The summed E-state index contributed by atoms with van der Waals surface area (Å²) in [7, 11) is 0. The van der Waals surface area contributed by atoms with Crippen molar-refractivity contribution in [3.8, 4) is 5.75 Å². The van der Waals surface area contributed by atoms with E-state index in [4.69, 9.17) is 9.84 Å². The maximum atomic E-state index is 12.6. The van der Waals surface area contributed by atoms with Crippen LogP contribution in [0.15, 0.2) is 48.6 Å². The molecule has 6 nitrogen and oxygen atoms in total. The van der Waals surface area contributed by atoms with Crippen molar-refractivity contribution >= 4 is 5.97 Å². The van der Waals surface area contributed by atoms with Crippen LogP contribution in [0.3, 0.4) is 0 Å². The van der Waals surface area contributed by atoms with Crippen molar-refractivity contribution in [2.24, 2.45) is 11.8 Å². The van der Waals surface area contributed by atoms with E-state index in [1.165, 1.54) is 18.2 Å². The molecule has 1 aromatic carbocycles. The highest BCUT2D eigenvalue weighted by atomic mass is 19.4. The summed E-state index contributed by atoms with van der Waals surface area (Å²) in [5.74, 6) is -1.29. The molecule has 9 heteroatoms. The molecule has 4 N–H and O–H groups in total. The van der Waals surface area contributed by atoms with Gasteiger partial charge in [-0.15, -0.1) is 0 Å². The molecule has 0 saturated heterocycles. The zero-order chi connectivity index (χ0) is 23.7. The van der Waals surface area contributed by atoms with Crippen LogP contribution < -0.4 is 4.74 Å². The number of benzene rings is 1. The van der Waals surface area contributed by atoms with Crippen LogP contribution >= 0.6 is 0 Å². The summed E-state index contributed by atoms with van der Waals surface area (Å²) in [6, 6.07) is 4.14. The zero-order valence-electron chi connectivity index (χ0n) is 17.5. The van der Waals surface area contributed by atoms with Crippen LogP contribution in [0, 0.1) is 11.8 Å². The van der Waals surface area contributed by atoms with Gasteiger partial charge in [0.2, 0.25) is 0 Å². The van der Waals surface area contributed by atoms with Crippen LogP contribution in [0.25, 0.3) is 0 Å². The van der Waals surface area contributed by atoms with Gasteiger partial charge in [0.25, 0.3) is 0 Å². The predicted octanol–water partition coefficient (Wildman–Crippen LogP) is 3.56. The average Bonchev–Trinajstić information content (AvgIpc) is 2.99. The second-order valence-corrected chi connectivity index (χ2v) is 7.89. The molecule has 0 amide bonds. The molecule has 32 heavy (non-hydrogen) atoms. The number of rotatable bonds is 11. The summed E-state index contributed by atoms with van der Waals surface area (Å²) in [5, 5.41) is 39.2. The molecule has 0 spiro atoms. The molecular formula is C23H29F3O6. The van der Waals surface area contributed by atoms with Gasteiger partial charge < -0.3 is 25.2 Å². The number of carboxylic acid groups (broad SMARTS) is 1. The molecular weight excluding hydrogens is 429 g/mol. The van der Waals surface area contributed by atoms with Gasteiger partial charge in [-0.3, -0.25) is 4.79 Å². The molecule has 1 aliphatic carbocycles. The first-order chi connectivity index (χ1) is 15.1. The van der Waals surface area contributed by atoms with Crippen LogP contribution in [-0.2, 0) is 11.0 Å². The lowest BCUT2D eigenvalue weighted by molar-refractivity contribution is -0.138. The number of hydrogen-bond donors (Lipinski definition) is 4. The standard InChI is InChI=1S/C23H29F3O6/c24-23(25,26)15-7-10-17(11-8-15)32-14-16(27)9-12-19-18(20(28)13-21(19)29)5-3-1-2-4-6-22(30)31/h1,3,7-12,16,18-21,27-29H,2,4-6,13-14H2,(H,30,31)/b3-1-,12-9+/t16-,18-,19-,20+,21-/m1/s1. The molecule has 1 fully saturated rings. The summed E-state index contributed by atoms with van der Waals surface area (Å²) in [6.07, 6.45) is 1.77. The summed E-state index contributed by atoms with van der Waals surface area (Å²) in [6.45, 7) is -0.179. The Hall–Kier alpha value is -2.36. The number of hydrogen-bond acceptors (Lipinski definition) is 5. The number of alkyl halides is 3. The summed E-state index contributed by atoms with van der Waals surface area (Å²) in [5.41, 5.74) is -0.791. The van der Waals surface area contributed by atoms with E-state index >= 15 is 0 Å². The van der Waals surface area contributed by atoms with E-state index in [1.54, 1.807) is 6.08 Å². The molecule has 0 radical (unpaired) electrons. The number of unbranched alkanes of at least 4 members (excludes halogenated alkanes) is 1. The third-order valence-electron chi connectivity index (χ3n) is 5.41. The van der Waals surface area contributed by atoms with Crippen LogP contribution in [0.5, 0.6) is 5.75 Å². The average molecular weight is 458 g/mol. The number of aliphatic hydroxyl groups is 3. The fourth-order valence-corrected chi connectivity index (χ4v) is 3.68. The highest BCUT2D eigenvalue weighted by Gasteiger charge is 2.39. The summed E-state index contributed by atoms with van der Waals surface area (Å²) >= 11 is 0. The lowest BCUT2D eigenvalue weighted by Gasteiger charge is -2.19. The van der Waals surface area contributed by atoms with E-state index in [1.807, 2.05) is 12.2 Å². The quantitative estimate of drug-likeness (QED) is 0.298. The third-order valence-corrected chi connectivity index (χ3v) is 5.41. The highest BCUT2D eigenvalue weighted by molar-refractivity contribution is 5.66.